The van der Waals surface area contributed by atoms with Crippen LogP contribution >= 0.6 is 6.72 Å². The molecule has 1 fully saturated rings. The van der Waals surface area contributed by atoms with E-state index in [0.29, 0.717) is 23.4 Å². The first-order valence-corrected chi connectivity index (χ1v) is 12.1. The number of rotatable bonds is 5. The lowest BCUT2D eigenvalue weighted by Gasteiger charge is -2.31. The second kappa shape index (κ2) is 7.83. The van der Waals surface area contributed by atoms with E-state index in [9.17, 15) is 4.89 Å². The highest BCUT2D eigenvalue weighted by Gasteiger charge is 2.42. The quantitative estimate of drug-likeness (QED) is 0.669. The Balaban J connectivity index is 1.87. The van der Waals surface area contributed by atoms with Crippen molar-refractivity contribution in [3.05, 3.63) is 12.7 Å². The molecule has 1 saturated heterocycles. The van der Waals surface area contributed by atoms with Gasteiger partial charge in [0.15, 0.2) is 11.5 Å². The highest BCUT2D eigenvalue weighted by molar-refractivity contribution is 8.07. The molecule has 0 radical (unpaired) electrons. The van der Waals surface area contributed by atoms with Gasteiger partial charge in [-0.2, -0.15) is 0 Å². The Morgan fingerprint density at radius 1 is 1.28 bits per heavy atom. The Labute approximate surface area is 176 Å². The van der Waals surface area contributed by atoms with Gasteiger partial charge in [0.25, 0.3) is 0 Å². The molecule has 0 aromatic carbocycles. The molecule has 162 valence electrons. The van der Waals surface area contributed by atoms with Crippen LogP contribution in [0.5, 0.6) is 0 Å². The molecule has 3 heterocycles. The maximum Gasteiger partial charge on any atom is 0.325 e. The van der Waals surface area contributed by atoms with Gasteiger partial charge in [-0.25, -0.2) is 15.0 Å². The van der Waals surface area contributed by atoms with Gasteiger partial charge in [0.1, 0.15) is 18.1 Å². The van der Waals surface area contributed by atoms with Crippen LogP contribution in [0.1, 0.15) is 60.6 Å². The summed E-state index contributed by atoms with van der Waals surface area (Å²) in [5.74, 6) is 0.315. The normalized spacial score (nSPS) is 25.4. The largest absolute Gasteiger partial charge is 0.382 e. The lowest BCUT2D eigenvalue weighted by molar-refractivity contribution is -0.0360. The minimum absolute atomic E-state index is 0.00628. The Kier molecular flexibility index (Phi) is 6.08. The van der Waals surface area contributed by atoms with Crippen LogP contribution in [-0.2, 0) is 25.6 Å². The van der Waals surface area contributed by atoms with Crippen LogP contribution in [0.15, 0.2) is 12.7 Å². The van der Waals surface area contributed by atoms with E-state index in [0.717, 1.165) is 6.42 Å². The summed E-state index contributed by atoms with van der Waals surface area (Å²) in [6, 6.07) is 0. The molecule has 0 spiro atoms. The average molecular weight is 444 g/mol. The molecule has 1 unspecified atom stereocenters. The molecular formula is C18H30N5O4PS. The highest BCUT2D eigenvalue weighted by Crippen LogP contribution is 2.52. The summed E-state index contributed by atoms with van der Waals surface area (Å²) in [6.45, 7) is 8.43. The number of nitrogen functional groups attached to an aromatic ring is 1. The molecule has 1 aliphatic heterocycles. The van der Waals surface area contributed by atoms with Crippen LogP contribution in [-0.4, -0.2) is 42.2 Å². The molecule has 2 aromatic rings. The molecule has 2 aromatic heterocycles. The van der Waals surface area contributed by atoms with Crippen LogP contribution in [0.4, 0.5) is 5.82 Å². The number of nitrogens with zero attached hydrogens (tertiary/aromatic N) is 4. The molecular weight excluding hydrogens is 413 g/mol. The summed E-state index contributed by atoms with van der Waals surface area (Å²) in [7, 11) is 0. The van der Waals surface area contributed by atoms with E-state index < -0.39 is 18.4 Å². The summed E-state index contributed by atoms with van der Waals surface area (Å²) in [6.07, 6.45) is 3.17. The highest BCUT2D eigenvalue weighted by atomic mass is 32.5. The second-order valence-electron chi connectivity index (χ2n) is 9.53. The van der Waals surface area contributed by atoms with E-state index >= 15 is 0 Å². The molecule has 3 N–H and O–H groups in total. The smallest absolute Gasteiger partial charge is 0.325 e. The molecule has 0 saturated carbocycles. The van der Waals surface area contributed by atoms with Crippen molar-refractivity contribution in [3.63, 3.8) is 0 Å². The number of hydrogen-bond acceptors (Lipinski definition) is 8. The minimum atomic E-state index is -3.44. The third-order valence-electron chi connectivity index (χ3n) is 4.35. The summed E-state index contributed by atoms with van der Waals surface area (Å²) in [5.41, 5.74) is 6.39. The summed E-state index contributed by atoms with van der Waals surface area (Å²) in [4.78, 5) is 23.2. The molecule has 0 amide bonds. The number of ether oxygens (including phenoxy) is 1. The fourth-order valence-electron chi connectivity index (χ4n) is 3.39. The number of nitrogens with two attached hydrogens (primary N) is 1. The molecule has 29 heavy (non-hydrogen) atoms. The number of imidazole rings is 1. The van der Waals surface area contributed by atoms with Crippen molar-refractivity contribution < 1.29 is 18.7 Å². The van der Waals surface area contributed by atoms with Gasteiger partial charge in [0, 0.05) is 6.42 Å². The average Bonchev–Trinajstić information content (AvgIpc) is 3.08. The lowest BCUT2D eigenvalue weighted by Crippen LogP contribution is -2.29. The van der Waals surface area contributed by atoms with Crippen LogP contribution < -0.4 is 5.73 Å². The molecule has 1 aliphatic rings. The van der Waals surface area contributed by atoms with Gasteiger partial charge in [-0.3, -0.25) is 4.57 Å². The number of aromatic nitrogens is 4. The third-order valence-corrected chi connectivity index (χ3v) is 6.15. The molecule has 0 bridgehead atoms. The maximum atomic E-state index is 10.6. The zero-order valence-electron chi connectivity index (χ0n) is 17.7. The van der Waals surface area contributed by atoms with Crippen molar-refractivity contribution in [1.29, 1.82) is 0 Å². The van der Waals surface area contributed by atoms with Crippen LogP contribution in [0, 0.1) is 5.41 Å². The summed E-state index contributed by atoms with van der Waals surface area (Å²) < 4.78 is 19.7. The van der Waals surface area contributed by atoms with E-state index in [4.69, 9.17) is 31.3 Å². The first-order chi connectivity index (χ1) is 13.2. The fraction of sp³-hybridized carbons (Fsp3) is 0.722. The van der Waals surface area contributed by atoms with Gasteiger partial charge in [-0.1, -0.05) is 20.8 Å². The van der Waals surface area contributed by atoms with Crippen LogP contribution in [0.2, 0.25) is 0 Å². The predicted octanol–water partition coefficient (Wildman–Crippen LogP) is 3.55. The molecule has 9 nitrogen and oxygen atoms in total. The van der Waals surface area contributed by atoms with Crippen LogP contribution in [0.3, 0.4) is 0 Å². The monoisotopic (exact) mass is 443 g/mol. The first-order valence-electron chi connectivity index (χ1n) is 9.54. The fourth-order valence-corrected chi connectivity index (χ4v) is 5.69. The van der Waals surface area contributed by atoms with Gasteiger partial charge in [-0.05, 0) is 44.4 Å². The molecule has 11 heteroatoms. The zero-order valence-corrected chi connectivity index (χ0v) is 19.4. The van der Waals surface area contributed by atoms with E-state index in [2.05, 4.69) is 35.7 Å². The van der Waals surface area contributed by atoms with Crippen molar-refractivity contribution in [2.24, 2.45) is 5.41 Å². The topological polar surface area (TPSA) is 118 Å². The maximum absolute atomic E-state index is 10.6. The Hall–Kier alpha value is -1.16. The van der Waals surface area contributed by atoms with Crippen molar-refractivity contribution in [2.75, 3.05) is 5.73 Å². The summed E-state index contributed by atoms with van der Waals surface area (Å²) >= 11 is 5.27. The van der Waals surface area contributed by atoms with Crippen molar-refractivity contribution in [3.8, 4) is 0 Å². The Morgan fingerprint density at radius 2 is 1.97 bits per heavy atom. The van der Waals surface area contributed by atoms with Gasteiger partial charge in [-0.15, -0.1) is 0 Å². The SMILES string of the molecule is CC(C)(C)C[C@H]1O[C@@H](n2cnc3c(N)ncnc32)C[C@@H]1OP(O)(=S)OC(C)(C)C. The predicted molar refractivity (Wildman–Crippen MR) is 115 cm³/mol. The molecule has 4 atom stereocenters. The Morgan fingerprint density at radius 3 is 2.59 bits per heavy atom. The van der Waals surface area contributed by atoms with Crippen LogP contribution in [0.25, 0.3) is 11.2 Å². The van der Waals surface area contributed by atoms with E-state index in [-0.39, 0.29) is 17.7 Å². The zero-order chi connectivity index (χ0) is 21.6. The minimum Gasteiger partial charge on any atom is -0.382 e. The van der Waals surface area contributed by atoms with E-state index in [1.807, 2.05) is 25.3 Å². The molecule has 3 rings (SSSR count). The summed E-state index contributed by atoms with van der Waals surface area (Å²) in [5, 5.41) is 0. The third kappa shape index (κ3) is 5.71. The van der Waals surface area contributed by atoms with E-state index in [1.54, 1.807) is 6.33 Å². The second-order valence-corrected chi connectivity index (χ2v) is 12.2. The van der Waals surface area contributed by atoms with Crippen molar-refractivity contribution >= 4 is 35.5 Å². The van der Waals surface area contributed by atoms with Crippen molar-refractivity contribution in [1.82, 2.24) is 19.5 Å². The van der Waals surface area contributed by atoms with Gasteiger partial charge in [0.2, 0.25) is 0 Å². The number of anilines is 1. The van der Waals surface area contributed by atoms with Crippen molar-refractivity contribution in [2.45, 2.75) is 78.4 Å². The standard InChI is InChI=1S/C18H30N5O4PS/c1-17(2,3)8-12-11(26-28(24,29)27-18(4,5)6)7-13(25-12)23-10-22-14-15(19)20-9-21-16(14)23/h9-13H,7-8H2,1-6H3,(H,24,29)(H2,19,20,21)/t11-,12+,13+,28?/m0/s1. The Bertz CT molecular complexity index is 923. The van der Waals surface area contributed by atoms with Gasteiger partial charge in [0.05, 0.1) is 24.1 Å². The molecule has 0 aliphatic carbocycles. The van der Waals surface area contributed by atoms with Gasteiger partial charge >= 0.3 is 6.72 Å². The van der Waals surface area contributed by atoms with E-state index in [1.165, 1.54) is 6.33 Å². The first kappa shape index (κ1) is 22.5. The number of hydrogen-bond donors (Lipinski definition) is 2. The van der Waals surface area contributed by atoms with Gasteiger partial charge < -0.3 is 24.4 Å². The lowest BCUT2D eigenvalue weighted by atomic mass is 9.87. The number of fused-ring (bicyclic) bond motifs is 1.